The molecule has 5 nitrogen and oxygen atoms in total. The van der Waals surface area contributed by atoms with Gasteiger partial charge in [0.2, 0.25) is 0 Å². The lowest BCUT2D eigenvalue weighted by Crippen LogP contribution is -2.22. The van der Waals surface area contributed by atoms with Crippen molar-refractivity contribution in [3.05, 3.63) is 114 Å². The van der Waals surface area contributed by atoms with Crippen molar-refractivity contribution in [3.8, 4) is 33.9 Å². The summed E-state index contributed by atoms with van der Waals surface area (Å²) in [6, 6.07) is 24.3. The van der Waals surface area contributed by atoms with Crippen molar-refractivity contribution < 1.29 is 0 Å². The monoisotopic (exact) mass is 565 g/mol. The van der Waals surface area contributed by atoms with E-state index in [0.29, 0.717) is 17.8 Å². The summed E-state index contributed by atoms with van der Waals surface area (Å²) in [5.41, 5.74) is 12.7. The first-order valence-corrected chi connectivity index (χ1v) is 15.5. The van der Waals surface area contributed by atoms with E-state index in [1.807, 2.05) is 12.4 Å². The normalized spacial score (nSPS) is 16.5. The van der Waals surface area contributed by atoms with Gasteiger partial charge in [-0.15, -0.1) is 0 Å². The number of rotatable bonds is 6. The van der Waals surface area contributed by atoms with Crippen LogP contribution in [-0.2, 0) is 6.54 Å². The van der Waals surface area contributed by atoms with Crippen molar-refractivity contribution in [1.29, 1.82) is 0 Å². The molecule has 0 radical (unpaired) electrons. The number of aromatic nitrogens is 4. The standard InChI is InChI=1S/C38H39N5/c1-24(2)31-15-13-26(5)35(25(3)4)36(31)42-20-19-41-38(42)28-14-16-33-32-12-7-6-9-29(32)23-43(34(33)22-28)30-11-8-10-27(21-30)37-39-17-18-40-37/h6-12,14-22,24-26H,13,23H2,1-5H3,(H,39,40). The van der Waals surface area contributed by atoms with E-state index in [1.54, 1.807) is 6.20 Å². The molecule has 1 aliphatic carbocycles. The van der Waals surface area contributed by atoms with Gasteiger partial charge in [0.1, 0.15) is 11.6 Å². The molecule has 3 heterocycles. The van der Waals surface area contributed by atoms with Crippen LogP contribution in [0, 0.1) is 17.8 Å². The summed E-state index contributed by atoms with van der Waals surface area (Å²) >= 11 is 0. The van der Waals surface area contributed by atoms with Crippen LogP contribution in [0.15, 0.2) is 109 Å². The molecule has 0 bridgehead atoms. The molecule has 0 saturated carbocycles. The van der Waals surface area contributed by atoms with Crippen LogP contribution in [0.25, 0.3) is 39.6 Å². The van der Waals surface area contributed by atoms with Gasteiger partial charge >= 0.3 is 0 Å². The molecule has 216 valence electrons. The third-order valence-electron chi connectivity index (χ3n) is 9.01. The molecule has 0 saturated heterocycles. The Morgan fingerprint density at radius 2 is 1.70 bits per heavy atom. The first-order valence-electron chi connectivity index (χ1n) is 15.5. The van der Waals surface area contributed by atoms with E-state index < -0.39 is 0 Å². The van der Waals surface area contributed by atoms with E-state index in [9.17, 15) is 0 Å². The number of nitrogens with one attached hydrogen (secondary N) is 1. The Balaban J connectivity index is 1.39. The van der Waals surface area contributed by atoms with E-state index in [4.69, 9.17) is 4.98 Å². The van der Waals surface area contributed by atoms with Crippen molar-refractivity contribution in [2.45, 2.75) is 47.6 Å². The van der Waals surface area contributed by atoms with Crippen molar-refractivity contribution in [1.82, 2.24) is 19.5 Å². The second-order valence-corrected chi connectivity index (χ2v) is 12.5. The number of anilines is 2. The second-order valence-electron chi connectivity index (χ2n) is 12.5. The molecule has 43 heavy (non-hydrogen) atoms. The minimum Gasteiger partial charge on any atom is -0.345 e. The fraction of sp³-hybridized carbons (Fsp3) is 0.263. The van der Waals surface area contributed by atoms with E-state index in [1.165, 1.54) is 39.2 Å². The van der Waals surface area contributed by atoms with Gasteiger partial charge in [-0.1, -0.05) is 89.2 Å². The molecule has 0 spiro atoms. The Bertz CT molecular complexity index is 1850. The lowest BCUT2D eigenvalue weighted by atomic mass is 9.78. The minimum absolute atomic E-state index is 0.434. The Labute approximate surface area is 254 Å². The third-order valence-corrected chi connectivity index (χ3v) is 9.01. The summed E-state index contributed by atoms with van der Waals surface area (Å²) in [6.07, 6.45) is 11.3. The number of allylic oxidation sites excluding steroid dienone is 4. The topological polar surface area (TPSA) is 49.7 Å². The van der Waals surface area contributed by atoms with Crippen molar-refractivity contribution in [2.75, 3.05) is 4.90 Å². The molecule has 2 aromatic heterocycles. The van der Waals surface area contributed by atoms with Gasteiger partial charge in [0, 0.05) is 59.4 Å². The Kier molecular flexibility index (Phi) is 6.89. The zero-order valence-corrected chi connectivity index (χ0v) is 25.7. The maximum atomic E-state index is 4.98. The molecule has 1 unspecified atom stereocenters. The van der Waals surface area contributed by atoms with Crippen molar-refractivity contribution in [3.63, 3.8) is 0 Å². The summed E-state index contributed by atoms with van der Waals surface area (Å²) in [6.45, 7) is 12.4. The first kappa shape index (κ1) is 27.2. The quantitative estimate of drug-likeness (QED) is 0.223. The maximum Gasteiger partial charge on any atom is 0.144 e. The molecular weight excluding hydrogens is 526 g/mol. The van der Waals surface area contributed by atoms with Gasteiger partial charge in [-0.25, -0.2) is 9.97 Å². The highest BCUT2D eigenvalue weighted by molar-refractivity contribution is 5.90. The number of aromatic amines is 1. The predicted octanol–water partition coefficient (Wildman–Crippen LogP) is 9.75. The number of imidazole rings is 2. The second kappa shape index (κ2) is 10.9. The van der Waals surface area contributed by atoms with Crippen LogP contribution in [-0.4, -0.2) is 19.5 Å². The number of benzene rings is 3. The number of nitrogens with zero attached hydrogens (tertiary/aromatic N) is 4. The van der Waals surface area contributed by atoms with Crippen LogP contribution in [0.1, 0.15) is 46.6 Å². The van der Waals surface area contributed by atoms with Gasteiger partial charge in [-0.2, -0.15) is 0 Å². The molecule has 1 N–H and O–H groups in total. The average Bonchev–Trinajstić information content (AvgIpc) is 3.73. The molecule has 0 amide bonds. The highest BCUT2D eigenvalue weighted by atomic mass is 15.1. The van der Waals surface area contributed by atoms with Crippen LogP contribution in [0.4, 0.5) is 11.4 Å². The lowest BCUT2D eigenvalue weighted by molar-refractivity contribution is 0.569. The van der Waals surface area contributed by atoms with E-state index >= 15 is 0 Å². The molecule has 5 aromatic rings. The number of hydrogen-bond donors (Lipinski definition) is 1. The summed E-state index contributed by atoms with van der Waals surface area (Å²) in [4.78, 5) is 15.2. The molecule has 1 aliphatic heterocycles. The van der Waals surface area contributed by atoms with Gasteiger partial charge < -0.3 is 9.88 Å². The highest BCUT2D eigenvalue weighted by Crippen LogP contribution is 2.46. The fourth-order valence-corrected chi connectivity index (χ4v) is 7.03. The zero-order chi connectivity index (χ0) is 29.7. The Morgan fingerprint density at radius 1 is 0.837 bits per heavy atom. The maximum absolute atomic E-state index is 4.98. The molecule has 3 aromatic carbocycles. The van der Waals surface area contributed by atoms with Crippen molar-refractivity contribution >= 4 is 17.1 Å². The van der Waals surface area contributed by atoms with Gasteiger partial charge in [-0.05, 0) is 64.6 Å². The molecule has 5 heteroatoms. The summed E-state index contributed by atoms with van der Waals surface area (Å²) in [7, 11) is 0. The summed E-state index contributed by atoms with van der Waals surface area (Å²) < 4.78 is 2.36. The zero-order valence-electron chi connectivity index (χ0n) is 25.7. The summed E-state index contributed by atoms with van der Waals surface area (Å²) in [5.74, 6) is 3.26. The van der Waals surface area contributed by atoms with Crippen LogP contribution >= 0.6 is 0 Å². The smallest absolute Gasteiger partial charge is 0.144 e. The minimum atomic E-state index is 0.434. The molecule has 7 rings (SSSR count). The van der Waals surface area contributed by atoms with E-state index in [0.717, 1.165) is 41.4 Å². The van der Waals surface area contributed by atoms with Gasteiger partial charge in [0.25, 0.3) is 0 Å². The van der Waals surface area contributed by atoms with Crippen LogP contribution < -0.4 is 4.90 Å². The van der Waals surface area contributed by atoms with Gasteiger partial charge in [0.15, 0.2) is 0 Å². The Hall–Kier alpha value is -4.64. The van der Waals surface area contributed by atoms with E-state index in [2.05, 4.69) is 133 Å². The van der Waals surface area contributed by atoms with Gasteiger partial charge in [0.05, 0.1) is 5.69 Å². The number of H-pyrrole nitrogens is 1. The SMILES string of the molecule is CC(C)C1=CCC(C)C(C(C)C)=C1n1ccnc1-c1ccc2c(c1)N(c1cccc(-c3ncc[nH]3)c1)Cc1ccccc1-2. The largest absolute Gasteiger partial charge is 0.345 e. The molecule has 1 atom stereocenters. The van der Waals surface area contributed by atoms with Gasteiger partial charge in [-0.3, -0.25) is 4.57 Å². The Morgan fingerprint density at radius 3 is 2.49 bits per heavy atom. The molecular formula is C38H39N5. The predicted molar refractivity (Wildman–Crippen MR) is 178 cm³/mol. The summed E-state index contributed by atoms with van der Waals surface area (Å²) in [5, 5.41) is 0. The van der Waals surface area contributed by atoms with E-state index in [-0.39, 0.29) is 0 Å². The van der Waals surface area contributed by atoms with Crippen LogP contribution in [0.3, 0.4) is 0 Å². The first-order chi connectivity index (χ1) is 20.9. The van der Waals surface area contributed by atoms with Crippen LogP contribution in [0.5, 0.6) is 0 Å². The fourth-order valence-electron chi connectivity index (χ4n) is 7.03. The number of hydrogen-bond acceptors (Lipinski definition) is 3. The van der Waals surface area contributed by atoms with Crippen LogP contribution in [0.2, 0.25) is 0 Å². The number of fused-ring (bicyclic) bond motifs is 3. The molecule has 0 fully saturated rings. The highest BCUT2D eigenvalue weighted by Gasteiger charge is 2.29. The van der Waals surface area contributed by atoms with Crippen molar-refractivity contribution in [2.24, 2.45) is 17.8 Å². The molecule has 2 aliphatic rings. The lowest BCUT2D eigenvalue weighted by Gasteiger charge is -2.34. The average molecular weight is 566 g/mol. The third kappa shape index (κ3) is 4.73.